The van der Waals surface area contributed by atoms with Gasteiger partial charge in [0.05, 0.1) is 73.9 Å². The molecule has 0 radical (unpaired) electrons. The molecule has 428 valence electrons. The summed E-state index contributed by atoms with van der Waals surface area (Å²) in [6.45, 7) is 14.6. The van der Waals surface area contributed by atoms with Crippen molar-refractivity contribution >= 4 is 58.2 Å². The first kappa shape index (κ1) is 59.6. The first-order valence-corrected chi connectivity index (χ1v) is 28.3. The third-order valence-corrected chi connectivity index (χ3v) is 15.1. The minimum absolute atomic E-state index is 0.00924. The van der Waals surface area contributed by atoms with Gasteiger partial charge in [-0.3, -0.25) is 33.9 Å². The number of likely N-dealkylation sites (tertiary alicyclic amines) is 1. The normalized spacial score (nSPS) is 16.0. The monoisotopic (exact) mass is 1120 g/mol. The van der Waals surface area contributed by atoms with Gasteiger partial charge in [-0.1, -0.05) is 63.2 Å². The maximum atomic E-state index is 14.0. The maximum Gasteiger partial charge on any atom is 0.255 e. The Kier molecular flexibility index (Phi) is 21.2. The molecule has 2 aliphatic heterocycles. The number of β-amino-alcohol motifs (C(OH)–C–C–N with tert-alkyl or cyclic N) is 1. The Morgan fingerprint density at radius 2 is 1.49 bits per heavy atom. The van der Waals surface area contributed by atoms with Gasteiger partial charge >= 0.3 is 0 Å². The molecule has 0 bridgehead atoms. The molecule has 0 aliphatic carbocycles. The van der Waals surface area contributed by atoms with E-state index < -0.39 is 29.5 Å². The average Bonchev–Trinajstić information content (AvgIpc) is 4.19. The highest BCUT2D eigenvalue weighted by Crippen LogP contribution is 2.29. The predicted molar refractivity (Wildman–Crippen MR) is 309 cm³/mol. The summed E-state index contributed by atoms with van der Waals surface area (Å²) in [6, 6.07) is 24.9. The van der Waals surface area contributed by atoms with E-state index in [0.29, 0.717) is 50.0 Å². The van der Waals surface area contributed by atoms with E-state index in [2.05, 4.69) is 46.1 Å². The number of anilines is 3. The van der Waals surface area contributed by atoms with Crippen molar-refractivity contribution in [2.24, 2.45) is 5.41 Å². The Hall–Kier alpha value is -7.53. The Morgan fingerprint density at radius 3 is 2.17 bits per heavy atom. The zero-order valence-corrected chi connectivity index (χ0v) is 47.5. The van der Waals surface area contributed by atoms with E-state index in [1.54, 1.807) is 29.9 Å². The zero-order valence-electron chi connectivity index (χ0n) is 46.7. The fraction of sp³-hybridized carbons (Fsp3) is 0.417. The van der Waals surface area contributed by atoms with Crippen LogP contribution in [0.15, 0.2) is 109 Å². The summed E-state index contributed by atoms with van der Waals surface area (Å²) in [5.74, 6) is -0.930. The van der Waals surface area contributed by atoms with E-state index in [9.17, 15) is 29.1 Å². The largest absolute Gasteiger partial charge is 0.391 e. The summed E-state index contributed by atoms with van der Waals surface area (Å²) in [6.07, 6.45) is 4.66. The van der Waals surface area contributed by atoms with Gasteiger partial charge in [-0.25, -0.2) is 15.0 Å². The first-order valence-electron chi connectivity index (χ1n) is 27.4. The Bertz CT molecular complexity index is 3060. The van der Waals surface area contributed by atoms with Crippen LogP contribution in [-0.4, -0.2) is 160 Å². The van der Waals surface area contributed by atoms with Gasteiger partial charge in [-0.05, 0) is 84.0 Å². The highest BCUT2D eigenvalue weighted by molar-refractivity contribution is 7.13. The number of nitrogens with one attached hydrogen (secondary N) is 4. The van der Waals surface area contributed by atoms with Crippen LogP contribution in [0.25, 0.3) is 21.7 Å². The zero-order chi connectivity index (χ0) is 57.3. The molecule has 2 aliphatic rings. The maximum absolute atomic E-state index is 14.0. The van der Waals surface area contributed by atoms with Crippen molar-refractivity contribution in [2.45, 2.75) is 85.2 Å². The average molecular weight is 1120 g/mol. The second-order valence-electron chi connectivity index (χ2n) is 21.3. The van der Waals surface area contributed by atoms with Crippen molar-refractivity contribution in [2.75, 3.05) is 83.0 Å². The van der Waals surface area contributed by atoms with Gasteiger partial charge in [0.2, 0.25) is 29.6 Å². The SMILES string of the molecule is Cc1ccc(NC(=O)c2ccc(CN3CCN(C(=O)CCOCCOCCOCCC(=O)NC(C(=O)N4C[C@H](O)C[C@H]4C(=O)NCc4ccc(-c5scnc5C)cc4)C(C)(C)C)CC3)cc2)cc1Nc1nccc(-c2cccnc2)n1. The summed E-state index contributed by atoms with van der Waals surface area (Å²) in [5.41, 5.74) is 9.62. The number of carbonyl (C=O) groups excluding carboxylic acids is 5. The number of thiazole rings is 1. The number of aryl methyl sites for hydroxylation is 2. The molecule has 81 heavy (non-hydrogen) atoms. The number of carbonyl (C=O) groups is 5. The number of hydrogen-bond donors (Lipinski definition) is 5. The van der Waals surface area contributed by atoms with Crippen LogP contribution >= 0.6 is 11.3 Å². The van der Waals surface area contributed by atoms with Gasteiger partial charge in [0, 0.05) is 99.7 Å². The molecular weight excluding hydrogens is 1050 g/mol. The summed E-state index contributed by atoms with van der Waals surface area (Å²) in [7, 11) is 0. The Labute approximate surface area is 477 Å². The second-order valence-corrected chi connectivity index (χ2v) is 22.1. The summed E-state index contributed by atoms with van der Waals surface area (Å²) in [4.78, 5) is 90.9. The van der Waals surface area contributed by atoms with Crippen molar-refractivity contribution in [3.8, 4) is 21.7 Å². The number of aliphatic hydroxyl groups is 1. The second kappa shape index (κ2) is 28.8. The van der Waals surface area contributed by atoms with Crippen LogP contribution in [0.1, 0.15) is 72.8 Å². The van der Waals surface area contributed by atoms with Crippen LogP contribution in [0, 0.1) is 19.3 Å². The van der Waals surface area contributed by atoms with Gasteiger partial charge in [-0.2, -0.15) is 0 Å². The topological polar surface area (TPSA) is 243 Å². The van der Waals surface area contributed by atoms with Gasteiger partial charge in [0.1, 0.15) is 12.1 Å². The smallest absolute Gasteiger partial charge is 0.255 e. The molecule has 2 saturated heterocycles. The molecule has 1 unspecified atom stereocenters. The molecule has 5 amide bonds. The van der Waals surface area contributed by atoms with E-state index in [1.165, 1.54) is 4.90 Å². The lowest BCUT2D eigenvalue weighted by Crippen LogP contribution is -2.57. The van der Waals surface area contributed by atoms with Crippen LogP contribution in [0.3, 0.4) is 0 Å². The number of nitrogens with zero attached hydrogens (tertiary/aromatic N) is 7. The molecular formula is C60H73N11O9S. The van der Waals surface area contributed by atoms with Crippen molar-refractivity contribution in [3.63, 3.8) is 0 Å². The fourth-order valence-electron chi connectivity index (χ4n) is 9.47. The molecule has 0 saturated carbocycles. The van der Waals surface area contributed by atoms with Crippen molar-refractivity contribution in [3.05, 3.63) is 137 Å². The van der Waals surface area contributed by atoms with E-state index in [0.717, 1.165) is 62.9 Å². The van der Waals surface area contributed by atoms with E-state index in [4.69, 9.17) is 14.2 Å². The quantitative estimate of drug-likeness (QED) is 0.0382. The first-order chi connectivity index (χ1) is 39.1. The van der Waals surface area contributed by atoms with Crippen molar-refractivity contribution < 1.29 is 43.3 Å². The number of pyridine rings is 1. The van der Waals surface area contributed by atoms with E-state index >= 15 is 0 Å². The number of ether oxygens (including phenoxy) is 3. The number of rotatable bonds is 25. The summed E-state index contributed by atoms with van der Waals surface area (Å²) >= 11 is 1.57. The third-order valence-electron chi connectivity index (χ3n) is 14.1. The van der Waals surface area contributed by atoms with Crippen molar-refractivity contribution in [1.29, 1.82) is 0 Å². The molecule has 0 spiro atoms. The number of aliphatic hydroxyl groups excluding tert-OH is 1. The summed E-state index contributed by atoms with van der Waals surface area (Å²) in [5, 5.41) is 22.6. The van der Waals surface area contributed by atoms with Crippen LogP contribution < -0.4 is 21.3 Å². The highest BCUT2D eigenvalue weighted by atomic mass is 32.1. The number of piperazine rings is 1. The molecule has 8 rings (SSSR count). The van der Waals surface area contributed by atoms with Gasteiger partial charge in [0.25, 0.3) is 5.91 Å². The summed E-state index contributed by atoms with van der Waals surface area (Å²) < 4.78 is 16.9. The molecule has 5 heterocycles. The van der Waals surface area contributed by atoms with Crippen LogP contribution in [0.5, 0.6) is 0 Å². The van der Waals surface area contributed by atoms with Crippen LogP contribution in [-0.2, 0) is 46.5 Å². The molecule has 3 aromatic heterocycles. The van der Waals surface area contributed by atoms with Gasteiger partial charge in [0.15, 0.2) is 0 Å². The van der Waals surface area contributed by atoms with E-state index in [1.807, 2.05) is 130 Å². The van der Waals surface area contributed by atoms with Crippen LogP contribution in [0.2, 0.25) is 0 Å². The van der Waals surface area contributed by atoms with Gasteiger partial charge < -0.3 is 50.4 Å². The van der Waals surface area contributed by atoms with Crippen LogP contribution in [0.4, 0.5) is 17.3 Å². The molecule has 3 aromatic carbocycles. The molecule has 20 nitrogen and oxygen atoms in total. The molecule has 21 heteroatoms. The highest BCUT2D eigenvalue weighted by Gasteiger charge is 2.44. The number of hydrogen-bond acceptors (Lipinski definition) is 16. The third kappa shape index (κ3) is 17.2. The number of benzene rings is 3. The fourth-order valence-corrected chi connectivity index (χ4v) is 10.3. The standard InChI is InChI=1S/C60H73N11O9S/c1-40-8-17-47(33-50(40)67-59-62-22-18-49(66-59)46-7-6-21-61-36-46)65-56(75)45-15-11-43(12-16-45)37-69-23-25-70(26-24-69)53(74)20-28-79-30-32-80-31-29-78-27-19-52(73)68-55(60(3,4)5)58(77)71-38-48(72)34-51(71)57(76)63-35-42-9-13-44(14-10-42)54-41(2)64-39-81-54/h6-18,21-22,33,36,39,48,51,55,72H,19-20,23-32,34-35,37-38H2,1-5H3,(H,63,76)(H,65,75)(H,68,73)(H,62,66,67)/t48-,51+,55?/m1/s1. The lowest BCUT2D eigenvalue weighted by molar-refractivity contribution is -0.144. The minimum Gasteiger partial charge on any atom is -0.391 e. The molecule has 2 fully saturated rings. The molecule has 3 atom stereocenters. The van der Waals surface area contributed by atoms with Gasteiger partial charge in [-0.15, -0.1) is 11.3 Å². The van der Waals surface area contributed by atoms with E-state index in [-0.39, 0.29) is 82.4 Å². The lowest BCUT2D eigenvalue weighted by atomic mass is 9.85. The predicted octanol–water partition coefficient (Wildman–Crippen LogP) is 6.56. The molecule has 5 N–H and O–H groups in total. The Morgan fingerprint density at radius 1 is 0.790 bits per heavy atom. The number of amides is 5. The number of aromatic nitrogens is 4. The Balaban J connectivity index is 0.654. The minimum atomic E-state index is -0.944. The lowest BCUT2D eigenvalue weighted by Gasteiger charge is -2.35. The molecule has 6 aromatic rings. The van der Waals surface area contributed by atoms with Crippen molar-refractivity contribution in [1.82, 2.24) is 45.3 Å².